The van der Waals surface area contributed by atoms with Crippen molar-refractivity contribution in [1.29, 1.82) is 0 Å². The lowest BCUT2D eigenvalue weighted by molar-refractivity contribution is -0.139. The largest absolute Gasteiger partial charge is 0.469 e. The molecule has 0 atom stereocenters. The van der Waals surface area contributed by atoms with E-state index in [2.05, 4.69) is 4.74 Å². The Morgan fingerprint density at radius 1 is 1.30 bits per heavy atom. The van der Waals surface area contributed by atoms with Crippen LogP contribution < -0.4 is 15.1 Å². The van der Waals surface area contributed by atoms with Gasteiger partial charge in [0.1, 0.15) is 5.58 Å². The highest BCUT2D eigenvalue weighted by Gasteiger charge is 2.20. The number of fused-ring (bicyclic) bond motifs is 2. The zero-order chi connectivity index (χ0) is 14.3. The van der Waals surface area contributed by atoms with E-state index in [9.17, 15) is 9.59 Å². The third-order valence-electron chi connectivity index (χ3n) is 3.33. The number of hydrogen-bond acceptors (Lipinski definition) is 6. The standard InChI is InChI=1S/C14H12O6/c1-7-8-3-11-12(19-6-18-11)5-10(8)20-14(16)9(7)4-13(15)17-2/h3,5H,4,6H2,1-2H3. The lowest BCUT2D eigenvalue weighted by Gasteiger charge is -2.07. The predicted octanol–water partition coefficient (Wildman–Crippen LogP) is 1.55. The summed E-state index contributed by atoms with van der Waals surface area (Å²) >= 11 is 0. The SMILES string of the molecule is COC(=O)Cc1c(C)c2cc3c(cc2oc1=O)OCO3. The van der Waals surface area contributed by atoms with Gasteiger partial charge in [-0.3, -0.25) is 4.79 Å². The molecule has 0 saturated carbocycles. The first-order valence-electron chi connectivity index (χ1n) is 6.03. The second-order valence-corrected chi connectivity index (χ2v) is 4.45. The van der Waals surface area contributed by atoms with Crippen molar-refractivity contribution in [3.05, 3.63) is 33.7 Å². The Bertz CT molecular complexity index is 758. The first-order valence-corrected chi connectivity index (χ1v) is 6.03. The topological polar surface area (TPSA) is 75.0 Å². The van der Waals surface area contributed by atoms with Crippen LogP contribution in [0.3, 0.4) is 0 Å². The average molecular weight is 276 g/mol. The summed E-state index contributed by atoms with van der Waals surface area (Å²) in [5, 5.41) is 0.716. The van der Waals surface area contributed by atoms with Crippen molar-refractivity contribution in [3.8, 4) is 11.5 Å². The second kappa shape index (κ2) is 4.56. The van der Waals surface area contributed by atoms with Gasteiger partial charge in [0, 0.05) is 11.5 Å². The monoisotopic (exact) mass is 276 g/mol. The Morgan fingerprint density at radius 2 is 2.00 bits per heavy atom. The average Bonchev–Trinajstić information content (AvgIpc) is 2.88. The van der Waals surface area contributed by atoms with Crippen LogP contribution in [0.4, 0.5) is 0 Å². The molecule has 1 aliphatic rings. The summed E-state index contributed by atoms with van der Waals surface area (Å²) in [5.74, 6) is 0.653. The fraction of sp³-hybridized carbons (Fsp3) is 0.286. The van der Waals surface area contributed by atoms with Crippen molar-refractivity contribution in [2.24, 2.45) is 0 Å². The summed E-state index contributed by atoms with van der Waals surface area (Å²) in [5.41, 5.74) is 0.841. The van der Waals surface area contributed by atoms with Crippen molar-refractivity contribution in [2.45, 2.75) is 13.3 Å². The first-order chi connectivity index (χ1) is 9.60. The molecule has 0 N–H and O–H groups in total. The number of rotatable bonds is 2. The highest BCUT2D eigenvalue weighted by atomic mass is 16.7. The molecule has 104 valence electrons. The number of ether oxygens (including phenoxy) is 3. The molecule has 0 bridgehead atoms. The molecule has 0 amide bonds. The summed E-state index contributed by atoms with van der Waals surface area (Å²) in [6, 6.07) is 3.37. The Balaban J connectivity index is 2.21. The van der Waals surface area contributed by atoms with Gasteiger partial charge in [0.25, 0.3) is 0 Å². The normalized spacial score (nSPS) is 12.7. The Hall–Kier alpha value is -2.50. The van der Waals surface area contributed by atoms with E-state index >= 15 is 0 Å². The molecule has 20 heavy (non-hydrogen) atoms. The van der Waals surface area contributed by atoms with Gasteiger partial charge in [-0.25, -0.2) is 4.79 Å². The van der Waals surface area contributed by atoms with Gasteiger partial charge in [-0.1, -0.05) is 0 Å². The quantitative estimate of drug-likeness (QED) is 0.612. The third-order valence-corrected chi connectivity index (χ3v) is 3.33. The fourth-order valence-corrected chi connectivity index (χ4v) is 2.20. The minimum absolute atomic E-state index is 0.116. The van der Waals surface area contributed by atoms with E-state index in [-0.39, 0.29) is 13.2 Å². The number of esters is 1. The fourth-order valence-electron chi connectivity index (χ4n) is 2.20. The van der Waals surface area contributed by atoms with E-state index in [4.69, 9.17) is 13.9 Å². The summed E-state index contributed by atoms with van der Waals surface area (Å²) in [6.45, 7) is 1.91. The predicted molar refractivity (Wildman–Crippen MR) is 69.1 cm³/mol. The molecule has 2 aromatic rings. The van der Waals surface area contributed by atoms with Crippen LogP contribution in [0.5, 0.6) is 11.5 Å². The molecule has 2 heterocycles. The zero-order valence-corrected chi connectivity index (χ0v) is 11.0. The van der Waals surface area contributed by atoms with E-state index in [0.29, 0.717) is 33.6 Å². The number of hydrogen-bond donors (Lipinski definition) is 0. The van der Waals surface area contributed by atoms with Gasteiger partial charge in [-0.2, -0.15) is 0 Å². The molecule has 3 rings (SSSR count). The van der Waals surface area contributed by atoms with Crippen LogP contribution in [0.1, 0.15) is 11.1 Å². The molecule has 1 aromatic carbocycles. The van der Waals surface area contributed by atoms with Crippen LogP contribution in [0.25, 0.3) is 11.0 Å². The number of carbonyl (C=O) groups excluding carboxylic acids is 1. The number of benzene rings is 1. The van der Waals surface area contributed by atoms with Crippen LogP contribution in [0.2, 0.25) is 0 Å². The lowest BCUT2D eigenvalue weighted by Crippen LogP contribution is -2.16. The second-order valence-electron chi connectivity index (χ2n) is 4.45. The van der Waals surface area contributed by atoms with E-state index in [0.717, 1.165) is 0 Å². The Kier molecular flexibility index (Phi) is 2.85. The van der Waals surface area contributed by atoms with Crippen LogP contribution in [-0.4, -0.2) is 19.9 Å². The van der Waals surface area contributed by atoms with Crippen LogP contribution >= 0.6 is 0 Å². The highest BCUT2D eigenvalue weighted by Crippen LogP contribution is 2.37. The maximum atomic E-state index is 12.0. The van der Waals surface area contributed by atoms with Gasteiger partial charge in [0.05, 0.1) is 19.1 Å². The first kappa shape index (κ1) is 12.5. The molecule has 0 radical (unpaired) electrons. The molecule has 0 aliphatic carbocycles. The highest BCUT2D eigenvalue weighted by molar-refractivity contribution is 5.86. The smallest absolute Gasteiger partial charge is 0.340 e. The molecular formula is C14H12O6. The van der Waals surface area contributed by atoms with Gasteiger partial charge < -0.3 is 18.6 Å². The molecule has 0 spiro atoms. The van der Waals surface area contributed by atoms with Crippen molar-refractivity contribution < 1.29 is 23.4 Å². The van der Waals surface area contributed by atoms with E-state index < -0.39 is 11.6 Å². The van der Waals surface area contributed by atoms with Crippen molar-refractivity contribution in [1.82, 2.24) is 0 Å². The molecule has 0 unspecified atom stereocenters. The van der Waals surface area contributed by atoms with Crippen molar-refractivity contribution in [3.63, 3.8) is 0 Å². The van der Waals surface area contributed by atoms with E-state index in [1.165, 1.54) is 7.11 Å². The van der Waals surface area contributed by atoms with E-state index in [1.54, 1.807) is 19.1 Å². The Morgan fingerprint density at radius 3 is 2.70 bits per heavy atom. The maximum Gasteiger partial charge on any atom is 0.340 e. The Labute approximate surface area is 113 Å². The van der Waals surface area contributed by atoms with Crippen LogP contribution in [0.15, 0.2) is 21.3 Å². The van der Waals surface area contributed by atoms with Crippen molar-refractivity contribution >= 4 is 16.9 Å². The summed E-state index contributed by atoms with van der Waals surface area (Å²) in [7, 11) is 1.28. The van der Waals surface area contributed by atoms with Gasteiger partial charge >= 0.3 is 11.6 Å². The summed E-state index contributed by atoms with van der Waals surface area (Å²) in [4.78, 5) is 23.3. The number of methoxy groups -OCH3 is 1. The number of aryl methyl sites for hydroxylation is 1. The van der Waals surface area contributed by atoms with E-state index in [1.807, 2.05) is 0 Å². The van der Waals surface area contributed by atoms with Crippen LogP contribution in [-0.2, 0) is 16.0 Å². The molecule has 1 aliphatic heterocycles. The minimum Gasteiger partial charge on any atom is -0.469 e. The minimum atomic E-state index is -0.542. The van der Waals surface area contributed by atoms with Gasteiger partial charge in [0.15, 0.2) is 11.5 Å². The zero-order valence-electron chi connectivity index (χ0n) is 11.0. The molecule has 1 aromatic heterocycles. The molecular weight excluding hydrogens is 264 g/mol. The van der Waals surface area contributed by atoms with Gasteiger partial charge in [-0.05, 0) is 18.6 Å². The third kappa shape index (κ3) is 1.89. The molecule has 6 nitrogen and oxygen atoms in total. The molecule has 6 heteroatoms. The molecule has 0 saturated heterocycles. The van der Waals surface area contributed by atoms with Gasteiger partial charge in [0.2, 0.25) is 6.79 Å². The van der Waals surface area contributed by atoms with Crippen LogP contribution in [0, 0.1) is 6.92 Å². The molecule has 0 fully saturated rings. The summed E-state index contributed by atoms with van der Waals surface area (Å²) in [6.07, 6.45) is -0.116. The van der Waals surface area contributed by atoms with Gasteiger partial charge in [-0.15, -0.1) is 0 Å². The lowest BCUT2D eigenvalue weighted by atomic mass is 10.0. The maximum absolute atomic E-state index is 12.0. The van der Waals surface area contributed by atoms with Crippen molar-refractivity contribution in [2.75, 3.05) is 13.9 Å². The number of carbonyl (C=O) groups is 1. The summed E-state index contributed by atoms with van der Waals surface area (Å²) < 4.78 is 20.4.